The van der Waals surface area contributed by atoms with Gasteiger partial charge in [-0.3, -0.25) is 0 Å². The quantitative estimate of drug-likeness (QED) is 0.0552. The highest BCUT2D eigenvalue weighted by molar-refractivity contribution is 7.13. The molecule has 0 bridgehead atoms. The second kappa shape index (κ2) is 26.6. The molecule has 0 saturated carbocycles. The average Bonchev–Trinajstić information content (AvgIpc) is 3.81. The fourth-order valence-electron chi connectivity index (χ4n) is 6.03. The van der Waals surface area contributed by atoms with E-state index in [0.29, 0.717) is 13.2 Å². The fourth-order valence-corrected chi connectivity index (χ4v) is 7.47. The molecule has 270 valence electrons. The smallest absolute Gasteiger partial charge is 0.127 e. The minimum absolute atomic E-state index is 0.704. The second-order valence-electron chi connectivity index (χ2n) is 13.3. The van der Waals surface area contributed by atoms with Gasteiger partial charge in [0.05, 0.1) is 23.0 Å². The topological polar surface area (TPSA) is 18.5 Å². The van der Waals surface area contributed by atoms with Gasteiger partial charge in [-0.1, -0.05) is 141 Å². The van der Waals surface area contributed by atoms with Crippen LogP contribution in [0, 0.1) is 24.7 Å². The summed E-state index contributed by atoms with van der Waals surface area (Å²) < 4.78 is 13.0. The third kappa shape index (κ3) is 17.2. The molecule has 0 radical (unpaired) electrons. The Balaban J connectivity index is 1.67. The van der Waals surface area contributed by atoms with E-state index < -0.39 is 0 Å². The van der Waals surface area contributed by atoms with Gasteiger partial charge in [0.15, 0.2) is 0 Å². The van der Waals surface area contributed by atoms with Crippen molar-refractivity contribution in [1.29, 1.82) is 0 Å². The summed E-state index contributed by atoms with van der Waals surface area (Å²) in [5, 5.41) is 0. The number of hydrogen-bond acceptors (Lipinski definition) is 4. The molecule has 0 amide bonds. The Hall–Kier alpha value is -3.18. The molecule has 4 heteroatoms. The molecule has 0 saturated heterocycles. The molecule has 0 unspecified atom stereocenters. The maximum absolute atomic E-state index is 6.51. The van der Waals surface area contributed by atoms with E-state index in [1.165, 1.54) is 116 Å². The molecule has 0 aliphatic heterocycles. The normalized spacial score (nSPS) is 11.4. The number of benzene rings is 1. The summed E-state index contributed by atoms with van der Waals surface area (Å²) in [5.74, 6) is 7.26. The van der Waals surface area contributed by atoms with Crippen molar-refractivity contribution in [3.63, 3.8) is 0 Å². The molecule has 3 rings (SSSR count). The summed E-state index contributed by atoms with van der Waals surface area (Å²) in [6.07, 6.45) is 45.9. The molecule has 0 atom stereocenters. The molecule has 0 N–H and O–H groups in total. The van der Waals surface area contributed by atoms with Crippen molar-refractivity contribution in [1.82, 2.24) is 0 Å². The number of thiophene rings is 2. The SMILES string of the molecule is C#Cc1ccc(/C=C/c2cc(OCCCCCCCCCCCC)c(/C=C/c3ccc(C#C)s3)cc2OCCCCCCCCCCCC)s1. The van der Waals surface area contributed by atoms with E-state index in [2.05, 4.69) is 74.3 Å². The number of hydrogen-bond donors (Lipinski definition) is 0. The summed E-state index contributed by atoms with van der Waals surface area (Å²) in [5.41, 5.74) is 2.04. The summed E-state index contributed by atoms with van der Waals surface area (Å²) >= 11 is 3.24. The van der Waals surface area contributed by atoms with Crippen LogP contribution in [0.15, 0.2) is 36.4 Å². The lowest BCUT2D eigenvalue weighted by atomic mass is 10.1. The number of terminal acetylenes is 2. The van der Waals surface area contributed by atoms with E-state index in [9.17, 15) is 0 Å². The lowest BCUT2D eigenvalue weighted by Crippen LogP contribution is -2.03. The van der Waals surface area contributed by atoms with Crippen LogP contribution < -0.4 is 9.47 Å². The first-order chi connectivity index (χ1) is 24.7. The first-order valence-electron chi connectivity index (χ1n) is 19.6. The predicted octanol–water partition coefficient (Wildman–Crippen LogP) is 14.7. The van der Waals surface area contributed by atoms with Gasteiger partial charge in [0.2, 0.25) is 0 Å². The highest BCUT2D eigenvalue weighted by Gasteiger charge is 2.11. The molecular weight excluding hydrogens is 649 g/mol. The summed E-state index contributed by atoms with van der Waals surface area (Å²) in [4.78, 5) is 4.11. The van der Waals surface area contributed by atoms with Crippen LogP contribution in [0.2, 0.25) is 0 Å². The van der Waals surface area contributed by atoms with Gasteiger partial charge in [-0.2, -0.15) is 0 Å². The third-order valence-corrected chi connectivity index (χ3v) is 11.0. The minimum atomic E-state index is 0.704. The van der Waals surface area contributed by atoms with Gasteiger partial charge < -0.3 is 9.47 Å². The van der Waals surface area contributed by atoms with Gasteiger partial charge in [-0.05, 0) is 73.5 Å². The highest BCUT2D eigenvalue weighted by atomic mass is 32.1. The van der Waals surface area contributed by atoms with Gasteiger partial charge in [0.1, 0.15) is 11.5 Å². The summed E-state index contributed by atoms with van der Waals surface area (Å²) in [6.45, 7) is 5.97. The van der Waals surface area contributed by atoms with E-state index in [1.807, 2.05) is 12.1 Å². The van der Waals surface area contributed by atoms with E-state index in [0.717, 1.165) is 55.0 Å². The zero-order valence-electron chi connectivity index (χ0n) is 31.1. The zero-order chi connectivity index (χ0) is 35.5. The molecular formula is C46H62O2S2. The minimum Gasteiger partial charge on any atom is -0.493 e. The van der Waals surface area contributed by atoms with Gasteiger partial charge in [0.25, 0.3) is 0 Å². The largest absolute Gasteiger partial charge is 0.493 e. The van der Waals surface area contributed by atoms with E-state index in [1.54, 1.807) is 22.7 Å². The molecule has 2 aromatic heterocycles. The Morgan fingerprint density at radius 3 is 1.14 bits per heavy atom. The summed E-state index contributed by atoms with van der Waals surface area (Å²) in [6, 6.07) is 12.4. The van der Waals surface area contributed by atoms with Crippen LogP contribution in [0.5, 0.6) is 11.5 Å². The van der Waals surface area contributed by atoms with Crippen molar-refractivity contribution in [3.8, 4) is 36.2 Å². The Kier molecular flexibility index (Phi) is 21.9. The second-order valence-corrected chi connectivity index (χ2v) is 15.6. The highest BCUT2D eigenvalue weighted by Crippen LogP contribution is 2.34. The van der Waals surface area contributed by atoms with Crippen molar-refractivity contribution >= 4 is 47.0 Å². The fraction of sp³-hybridized carbons (Fsp3) is 0.522. The van der Waals surface area contributed by atoms with Crippen LogP contribution in [0.1, 0.15) is 173 Å². The zero-order valence-corrected chi connectivity index (χ0v) is 32.8. The van der Waals surface area contributed by atoms with E-state index in [4.69, 9.17) is 22.3 Å². The molecule has 3 aromatic rings. The number of rotatable bonds is 28. The molecule has 2 heterocycles. The van der Waals surface area contributed by atoms with Crippen molar-refractivity contribution in [2.24, 2.45) is 0 Å². The van der Waals surface area contributed by atoms with Crippen LogP contribution >= 0.6 is 22.7 Å². The van der Waals surface area contributed by atoms with Crippen LogP contribution in [0.4, 0.5) is 0 Å². The van der Waals surface area contributed by atoms with Crippen LogP contribution in [-0.2, 0) is 0 Å². The molecule has 0 fully saturated rings. The molecule has 1 aromatic carbocycles. The van der Waals surface area contributed by atoms with Crippen molar-refractivity contribution in [2.45, 2.75) is 142 Å². The van der Waals surface area contributed by atoms with E-state index >= 15 is 0 Å². The maximum Gasteiger partial charge on any atom is 0.127 e. The molecule has 0 aliphatic rings. The van der Waals surface area contributed by atoms with Crippen LogP contribution in [0.3, 0.4) is 0 Å². The molecule has 0 aliphatic carbocycles. The Bertz CT molecular complexity index is 1360. The van der Waals surface area contributed by atoms with Gasteiger partial charge >= 0.3 is 0 Å². The number of unbranched alkanes of at least 4 members (excludes halogenated alkanes) is 18. The average molecular weight is 711 g/mol. The van der Waals surface area contributed by atoms with Crippen molar-refractivity contribution in [2.75, 3.05) is 13.2 Å². The lowest BCUT2D eigenvalue weighted by molar-refractivity contribution is 0.295. The molecule has 2 nitrogen and oxygen atoms in total. The Morgan fingerprint density at radius 2 is 0.820 bits per heavy atom. The van der Waals surface area contributed by atoms with E-state index in [-0.39, 0.29) is 0 Å². The number of ether oxygens (including phenoxy) is 2. The Labute approximate surface area is 313 Å². The predicted molar refractivity (Wildman–Crippen MR) is 223 cm³/mol. The summed E-state index contributed by atoms with van der Waals surface area (Å²) in [7, 11) is 0. The first kappa shape index (κ1) is 41.2. The first-order valence-corrected chi connectivity index (χ1v) is 21.2. The Morgan fingerprint density at radius 1 is 0.480 bits per heavy atom. The lowest BCUT2D eigenvalue weighted by Gasteiger charge is -2.15. The van der Waals surface area contributed by atoms with Gasteiger partial charge in [-0.25, -0.2) is 0 Å². The molecule has 0 spiro atoms. The van der Waals surface area contributed by atoms with Crippen LogP contribution in [0.25, 0.3) is 24.3 Å². The van der Waals surface area contributed by atoms with Crippen molar-refractivity contribution < 1.29 is 9.47 Å². The standard InChI is InChI=1S/C46H62O2S2/c1-5-9-11-13-15-17-19-21-23-25-35-47-45-37-40(28-30-44-34-32-42(8-4)50-44)46(38-39(45)27-29-43-33-31-41(7-3)49-43)48-36-26-24-22-20-18-16-14-12-10-6-2/h3-4,27-34,37-38H,5-6,9-26,35-36H2,1-2H3/b29-27+,30-28+. The molecule has 50 heavy (non-hydrogen) atoms. The van der Waals surface area contributed by atoms with Crippen molar-refractivity contribution in [3.05, 3.63) is 67.0 Å². The third-order valence-electron chi connectivity index (χ3n) is 9.05. The monoisotopic (exact) mass is 710 g/mol. The van der Waals surface area contributed by atoms with Gasteiger partial charge in [-0.15, -0.1) is 35.5 Å². The maximum atomic E-state index is 6.51. The van der Waals surface area contributed by atoms with Gasteiger partial charge in [0, 0.05) is 20.9 Å². The van der Waals surface area contributed by atoms with Crippen LogP contribution in [-0.4, -0.2) is 13.2 Å².